The van der Waals surface area contributed by atoms with Crippen LogP contribution in [0.4, 0.5) is 0 Å². The number of rotatable bonds is 6. The maximum atomic E-state index is 5.02. The highest BCUT2D eigenvalue weighted by atomic mass is 32.1. The quantitative estimate of drug-likeness (QED) is 0.514. The van der Waals surface area contributed by atoms with Gasteiger partial charge in [0.05, 0.1) is 6.61 Å². The molecular formula is C8H14N4O2S. The lowest BCUT2D eigenvalue weighted by atomic mass is 10.4. The van der Waals surface area contributed by atoms with Gasteiger partial charge < -0.3 is 19.9 Å². The third-order valence-corrected chi connectivity index (χ3v) is 1.92. The predicted molar refractivity (Wildman–Crippen MR) is 58.5 cm³/mol. The number of thiocarbonyl (C=S) groups is 1. The molecule has 0 saturated carbocycles. The molecule has 1 aromatic rings. The molecule has 0 saturated heterocycles. The van der Waals surface area contributed by atoms with Crippen LogP contribution in [0.5, 0.6) is 0 Å². The summed E-state index contributed by atoms with van der Waals surface area (Å²) >= 11 is 5.02. The van der Waals surface area contributed by atoms with E-state index in [0.29, 0.717) is 37.1 Å². The molecule has 0 fully saturated rings. The van der Waals surface area contributed by atoms with Gasteiger partial charge in [-0.3, -0.25) is 0 Å². The van der Waals surface area contributed by atoms with Gasteiger partial charge in [-0.1, -0.05) is 5.16 Å². The molecule has 1 rings (SSSR count). The summed E-state index contributed by atoms with van der Waals surface area (Å²) in [6, 6.07) is 0. The second-order valence-corrected chi connectivity index (χ2v) is 3.18. The lowest BCUT2D eigenvalue weighted by Gasteiger charge is -2.08. The number of aromatic nitrogens is 2. The van der Waals surface area contributed by atoms with E-state index in [4.69, 9.17) is 17.0 Å². The van der Waals surface area contributed by atoms with Crippen LogP contribution in [0.25, 0.3) is 0 Å². The van der Waals surface area contributed by atoms with Crippen LogP contribution in [0.3, 0.4) is 0 Å². The van der Waals surface area contributed by atoms with Crippen LogP contribution in [-0.4, -0.2) is 42.1 Å². The number of methoxy groups -OCH3 is 1. The molecule has 0 aliphatic carbocycles. The van der Waals surface area contributed by atoms with Crippen molar-refractivity contribution in [3.63, 3.8) is 0 Å². The second kappa shape index (κ2) is 7.13. The van der Waals surface area contributed by atoms with Crippen molar-refractivity contribution in [2.75, 3.05) is 26.8 Å². The molecule has 1 aromatic heterocycles. The van der Waals surface area contributed by atoms with Gasteiger partial charge in [-0.05, 0) is 12.2 Å². The van der Waals surface area contributed by atoms with Crippen molar-refractivity contribution >= 4 is 17.3 Å². The fraction of sp³-hybridized carbons (Fsp3) is 0.625. The molecule has 0 aliphatic rings. The summed E-state index contributed by atoms with van der Waals surface area (Å²) in [5.41, 5.74) is 0. The van der Waals surface area contributed by atoms with Crippen LogP contribution in [0, 0.1) is 0 Å². The maximum absolute atomic E-state index is 5.02. The van der Waals surface area contributed by atoms with Crippen molar-refractivity contribution < 1.29 is 9.26 Å². The van der Waals surface area contributed by atoms with Crippen molar-refractivity contribution in [1.29, 1.82) is 0 Å². The van der Waals surface area contributed by atoms with Crippen molar-refractivity contribution in [3.05, 3.63) is 12.2 Å². The van der Waals surface area contributed by atoms with Crippen molar-refractivity contribution in [2.45, 2.75) is 6.42 Å². The molecule has 0 aromatic carbocycles. The van der Waals surface area contributed by atoms with E-state index in [9.17, 15) is 0 Å². The number of nitrogens with zero attached hydrogens (tertiary/aromatic N) is 2. The Bertz CT molecular complexity index is 278. The average molecular weight is 230 g/mol. The van der Waals surface area contributed by atoms with Crippen LogP contribution in [-0.2, 0) is 11.2 Å². The number of ether oxygens (including phenoxy) is 1. The molecule has 6 nitrogen and oxygen atoms in total. The van der Waals surface area contributed by atoms with Crippen LogP contribution in [0.2, 0.25) is 0 Å². The Kier molecular flexibility index (Phi) is 5.64. The zero-order valence-corrected chi connectivity index (χ0v) is 9.34. The van der Waals surface area contributed by atoms with Gasteiger partial charge in [0, 0.05) is 26.6 Å². The van der Waals surface area contributed by atoms with Crippen molar-refractivity contribution in [3.8, 4) is 0 Å². The lowest BCUT2D eigenvalue weighted by Crippen LogP contribution is -2.38. The van der Waals surface area contributed by atoms with E-state index >= 15 is 0 Å². The molecule has 0 amide bonds. The van der Waals surface area contributed by atoms with Gasteiger partial charge >= 0.3 is 0 Å². The zero-order valence-electron chi connectivity index (χ0n) is 8.52. The molecule has 1 heterocycles. The van der Waals surface area contributed by atoms with E-state index in [2.05, 4.69) is 25.3 Å². The highest BCUT2D eigenvalue weighted by molar-refractivity contribution is 7.80. The second-order valence-electron chi connectivity index (χ2n) is 2.77. The van der Waals surface area contributed by atoms with Gasteiger partial charge in [0.25, 0.3) is 0 Å². The smallest absolute Gasteiger partial charge is 0.213 e. The average Bonchev–Trinajstić information content (AvgIpc) is 2.71. The third-order valence-electron chi connectivity index (χ3n) is 1.63. The molecular weight excluding hydrogens is 216 g/mol. The number of hydrogen-bond acceptors (Lipinski definition) is 5. The van der Waals surface area contributed by atoms with Crippen molar-refractivity contribution in [1.82, 2.24) is 20.8 Å². The fourth-order valence-corrected chi connectivity index (χ4v) is 1.12. The molecule has 0 spiro atoms. The van der Waals surface area contributed by atoms with Gasteiger partial charge in [0.1, 0.15) is 0 Å². The van der Waals surface area contributed by atoms with E-state index in [1.165, 1.54) is 6.39 Å². The topological polar surface area (TPSA) is 72.2 Å². The van der Waals surface area contributed by atoms with Gasteiger partial charge in [-0.25, -0.2) is 0 Å². The SMILES string of the molecule is COCCNC(=S)NCCc1ncon1. The third kappa shape index (κ3) is 5.28. The Morgan fingerprint density at radius 3 is 3.00 bits per heavy atom. The Morgan fingerprint density at radius 2 is 2.33 bits per heavy atom. The summed E-state index contributed by atoms with van der Waals surface area (Å²) in [6.45, 7) is 2.01. The minimum Gasteiger partial charge on any atom is -0.383 e. The Morgan fingerprint density at radius 1 is 1.53 bits per heavy atom. The van der Waals surface area contributed by atoms with Gasteiger partial charge in [0.2, 0.25) is 6.39 Å². The maximum Gasteiger partial charge on any atom is 0.213 e. The Labute approximate surface area is 93.4 Å². The van der Waals surface area contributed by atoms with E-state index < -0.39 is 0 Å². The van der Waals surface area contributed by atoms with Crippen molar-refractivity contribution in [2.24, 2.45) is 0 Å². The largest absolute Gasteiger partial charge is 0.383 e. The minimum absolute atomic E-state index is 0.607. The molecule has 15 heavy (non-hydrogen) atoms. The fourth-order valence-electron chi connectivity index (χ4n) is 0.920. The highest BCUT2D eigenvalue weighted by Gasteiger charge is 1.98. The summed E-state index contributed by atoms with van der Waals surface area (Å²) in [4.78, 5) is 3.89. The summed E-state index contributed by atoms with van der Waals surface area (Å²) in [5, 5.41) is 10.3. The van der Waals surface area contributed by atoms with Gasteiger partial charge in [-0.15, -0.1) is 0 Å². The number of nitrogens with one attached hydrogen (secondary N) is 2. The molecule has 0 aliphatic heterocycles. The molecule has 0 atom stereocenters. The van der Waals surface area contributed by atoms with Crippen LogP contribution in [0.1, 0.15) is 5.82 Å². The van der Waals surface area contributed by atoms with E-state index in [1.54, 1.807) is 7.11 Å². The van der Waals surface area contributed by atoms with Crippen LogP contribution in [0.15, 0.2) is 10.9 Å². The molecule has 2 N–H and O–H groups in total. The number of hydrogen-bond donors (Lipinski definition) is 2. The van der Waals surface area contributed by atoms with Gasteiger partial charge in [-0.2, -0.15) is 4.98 Å². The monoisotopic (exact) mass is 230 g/mol. The normalized spacial score (nSPS) is 9.93. The summed E-state index contributed by atoms with van der Waals surface area (Å²) in [7, 11) is 1.65. The molecule has 84 valence electrons. The first-order chi connectivity index (χ1) is 7.33. The summed E-state index contributed by atoms with van der Waals surface area (Å²) in [5.74, 6) is 0.669. The first-order valence-corrected chi connectivity index (χ1v) is 4.99. The lowest BCUT2D eigenvalue weighted by molar-refractivity contribution is 0.204. The van der Waals surface area contributed by atoms with E-state index in [-0.39, 0.29) is 0 Å². The molecule has 7 heteroatoms. The predicted octanol–water partition coefficient (Wildman–Crippen LogP) is -0.277. The Hall–Kier alpha value is -1.21. The van der Waals surface area contributed by atoms with Crippen LogP contribution >= 0.6 is 12.2 Å². The van der Waals surface area contributed by atoms with Gasteiger partial charge in [0.15, 0.2) is 10.9 Å². The standard InChI is InChI=1S/C8H14N4O2S/c1-13-5-4-10-8(15)9-3-2-7-11-6-14-12-7/h6H,2-5H2,1H3,(H2,9,10,15). The highest BCUT2D eigenvalue weighted by Crippen LogP contribution is 1.87. The summed E-state index contributed by atoms with van der Waals surface area (Å²) < 4.78 is 9.47. The summed E-state index contributed by atoms with van der Waals surface area (Å²) in [6.07, 6.45) is 1.99. The van der Waals surface area contributed by atoms with Crippen LogP contribution < -0.4 is 10.6 Å². The van der Waals surface area contributed by atoms with E-state index in [0.717, 1.165) is 0 Å². The molecule has 0 unspecified atom stereocenters. The zero-order chi connectivity index (χ0) is 10.9. The molecule has 0 bridgehead atoms. The van der Waals surface area contributed by atoms with E-state index in [1.807, 2.05) is 0 Å². The Balaban J connectivity index is 2.02. The minimum atomic E-state index is 0.607. The first-order valence-electron chi connectivity index (χ1n) is 4.59. The first kappa shape index (κ1) is 11.9. The molecule has 0 radical (unpaired) electrons.